The summed E-state index contributed by atoms with van der Waals surface area (Å²) < 4.78 is 18.6. The molecule has 3 amide bonds. The van der Waals surface area contributed by atoms with Crippen molar-refractivity contribution in [2.75, 3.05) is 26.3 Å². The summed E-state index contributed by atoms with van der Waals surface area (Å²) in [7, 11) is 0. The Morgan fingerprint density at radius 2 is 1.83 bits per heavy atom. The molecule has 2 aliphatic heterocycles. The molecule has 2 aromatic carbocycles. The van der Waals surface area contributed by atoms with Crippen LogP contribution in [0.15, 0.2) is 53.4 Å². The summed E-state index contributed by atoms with van der Waals surface area (Å²) >= 11 is 0.849. The molecule has 0 aliphatic carbocycles. The molecule has 0 aromatic heterocycles. The number of nitrogens with zero attached hydrogens (tertiary/aromatic N) is 2. The van der Waals surface area contributed by atoms with Gasteiger partial charge >= 0.3 is 0 Å². The molecule has 2 aliphatic rings. The van der Waals surface area contributed by atoms with Gasteiger partial charge in [-0.15, -0.1) is 0 Å². The van der Waals surface area contributed by atoms with Crippen molar-refractivity contribution >= 4 is 34.9 Å². The molecule has 2 fully saturated rings. The maximum atomic E-state index is 13.4. The van der Waals surface area contributed by atoms with E-state index in [9.17, 15) is 18.8 Å². The van der Waals surface area contributed by atoms with E-state index < -0.39 is 17.0 Å². The molecule has 0 bridgehead atoms. The van der Waals surface area contributed by atoms with E-state index in [4.69, 9.17) is 4.74 Å². The summed E-state index contributed by atoms with van der Waals surface area (Å²) in [5, 5.41) is -0.394. The summed E-state index contributed by atoms with van der Waals surface area (Å²) in [5.41, 5.74) is 1.82. The van der Waals surface area contributed by atoms with Crippen LogP contribution >= 0.6 is 11.8 Å². The van der Waals surface area contributed by atoms with E-state index in [0.717, 1.165) is 16.7 Å². The predicted molar refractivity (Wildman–Crippen MR) is 111 cm³/mol. The summed E-state index contributed by atoms with van der Waals surface area (Å²) in [4.78, 5) is 40.6. The Bertz CT molecular complexity index is 1020. The van der Waals surface area contributed by atoms with E-state index in [-0.39, 0.29) is 12.5 Å². The Morgan fingerprint density at radius 1 is 1.10 bits per heavy atom. The number of rotatable bonds is 4. The highest BCUT2D eigenvalue weighted by atomic mass is 32.2. The number of carbonyl (C=O) groups is 3. The number of carbonyl (C=O) groups excluding carboxylic acids is 3. The Labute approximate surface area is 177 Å². The fourth-order valence-electron chi connectivity index (χ4n) is 3.28. The molecular formula is C22H19FN2O4S. The standard InChI is InChI=1S/C22H19FN2O4S/c23-18-3-1-2-16(12-18)14-25-21(27)19(30-22(25)28)13-15-4-6-17(7-5-15)20(26)24-8-10-29-11-9-24/h1-7,12-13H,8-11,14H2/b19-13-. The topological polar surface area (TPSA) is 66.9 Å². The molecule has 30 heavy (non-hydrogen) atoms. The van der Waals surface area contributed by atoms with Crippen molar-refractivity contribution in [2.24, 2.45) is 0 Å². The lowest BCUT2D eigenvalue weighted by Crippen LogP contribution is -2.40. The number of imide groups is 1. The van der Waals surface area contributed by atoms with Crippen molar-refractivity contribution in [1.29, 1.82) is 0 Å². The highest BCUT2D eigenvalue weighted by Gasteiger charge is 2.35. The predicted octanol–water partition coefficient (Wildman–Crippen LogP) is 3.53. The molecule has 4 rings (SSSR count). The van der Waals surface area contributed by atoms with E-state index in [1.165, 1.54) is 12.1 Å². The van der Waals surface area contributed by atoms with Crippen molar-refractivity contribution in [3.05, 3.63) is 75.9 Å². The average Bonchev–Trinajstić information content (AvgIpc) is 3.02. The lowest BCUT2D eigenvalue weighted by atomic mass is 10.1. The van der Waals surface area contributed by atoms with Gasteiger partial charge in [-0.2, -0.15) is 0 Å². The molecule has 0 N–H and O–H groups in total. The second-order valence-electron chi connectivity index (χ2n) is 6.92. The number of amides is 3. The quantitative estimate of drug-likeness (QED) is 0.700. The monoisotopic (exact) mass is 426 g/mol. The second-order valence-corrected chi connectivity index (χ2v) is 7.92. The van der Waals surface area contributed by atoms with Crippen LogP contribution < -0.4 is 0 Å². The van der Waals surface area contributed by atoms with E-state index in [1.807, 2.05) is 0 Å². The van der Waals surface area contributed by atoms with Crippen LogP contribution in [0.2, 0.25) is 0 Å². The number of ether oxygens (including phenoxy) is 1. The van der Waals surface area contributed by atoms with Crippen LogP contribution in [0.5, 0.6) is 0 Å². The fourth-order valence-corrected chi connectivity index (χ4v) is 4.11. The molecular weight excluding hydrogens is 407 g/mol. The van der Waals surface area contributed by atoms with Gasteiger partial charge in [0.2, 0.25) is 0 Å². The Balaban J connectivity index is 1.46. The Kier molecular flexibility index (Phi) is 5.96. The normalized spacial score (nSPS) is 18.4. The van der Waals surface area contributed by atoms with Gasteiger partial charge in [-0.05, 0) is 53.2 Å². The Morgan fingerprint density at radius 3 is 2.53 bits per heavy atom. The van der Waals surface area contributed by atoms with E-state index in [1.54, 1.807) is 47.4 Å². The first kappa shape index (κ1) is 20.3. The maximum Gasteiger partial charge on any atom is 0.293 e. The molecule has 6 nitrogen and oxygen atoms in total. The van der Waals surface area contributed by atoms with Crippen LogP contribution in [0.1, 0.15) is 21.5 Å². The van der Waals surface area contributed by atoms with Crippen LogP contribution in [0.4, 0.5) is 9.18 Å². The number of morpholine rings is 1. The molecule has 2 aromatic rings. The molecule has 0 saturated carbocycles. The van der Waals surface area contributed by atoms with E-state index in [2.05, 4.69) is 0 Å². The van der Waals surface area contributed by atoms with Gasteiger partial charge in [0.15, 0.2) is 0 Å². The number of hydrogen-bond donors (Lipinski definition) is 0. The van der Waals surface area contributed by atoms with Crippen LogP contribution in [0.3, 0.4) is 0 Å². The lowest BCUT2D eigenvalue weighted by Gasteiger charge is -2.26. The number of thioether (sulfide) groups is 1. The summed E-state index contributed by atoms with van der Waals surface area (Å²) in [6, 6.07) is 12.7. The molecule has 8 heteroatoms. The number of halogens is 1. The first-order valence-corrected chi connectivity index (χ1v) is 10.3. The maximum absolute atomic E-state index is 13.4. The molecule has 2 saturated heterocycles. The first-order chi connectivity index (χ1) is 14.5. The van der Waals surface area contributed by atoms with E-state index in [0.29, 0.717) is 47.9 Å². The van der Waals surface area contributed by atoms with Crippen molar-refractivity contribution in [1.82, 2.24) is 9.80 Å². The third kappa shape index (κ3) is 4.44. The van der Waals surface area contributed by atoms with Crippen molar-refractivity contribution in [3.8, 4) is 0 Å². The number of hydrogen-bond acceptors (Lipinski definition) is 5. The molecule has 2 heterocycles. The van der Waals surface area contributed by atoms with Crippen molar-refractivity contribution < 1.29 is 23.5 Å². The van der Waals surface area contributed by atoms with Crippen LogP contribution in [-0.4, -0.2) is 53.2 Å². The average molecular weight is 426 g/mol. The van der Waals surface area contributed by atoms with Gasteiger partial charge in [-0.3, -0.25) is 19.3 Å². The second kappa shape index (κ2) is 8.81. The molecule has 0 atom stereocenters. The zero-order valence-electron chi connectivity index (χ0n) is 16.0. The van der Waals surface area contributed by atoms with Crippen molar-refractivity contribution in [3.63, 3.8) is 0 Å². The van der Waals surface area contributed by atoms with Gasteiger partial charge in [0.05, 0.1) is 24.7 Å². The smallest absolute Gasteiger partial charge is 0.293 e. The van der Waals surface area contributed by atoms with Crippen LogP contribution in [0, 0.1) is 5.82 Å². The minimum Gasteiger partial charge on any atom is -0.378 e. The molecule has 0 unspecified atom stereocenters. The summed E-state index contributed by atoms with van der Waals surface area (Å²) in [6.45, 7) is 2.23. The third-order valence-corrected chi connectivity index (χ3v) is 5.76. The summed E-state index contributed by atoms with van der Waals surface area (Å²) in [5.74, 6) is -0.885. The van der Waals surface area contributed by atoms with Crippen LogP contribution in [0.25, 0.3) is 6.08 Å². The molecule has 0 radical (unpaired) electrons. The number of benzene rings is 2. The SMILES string of the molecule is O=C(c1ccc(/C=C2\SC(=O)N(Cc3cccc(F)c3)C2=O)cc1)N1CCOCC1. The Hall–Kier alpha value is -2.97. The highest BCUT2D eigenvalue weighted by Crippen LogP contribution is 2.33. The van der Waals surface area contributed by atoms with Gasteiger partial charge in [0, 0.05) is 18.7 Å². The van der Waals surface area contributed by atoms with Gasteiger partial charge in [-0.25, -0.2) is 4.39 Å². The van der Waals surface area contributed by atoms with Gasteiger partial charge in [0.1, 0.15) is 5.82 Å². The molecule has 0 spiro atoms. The zero-order chi connectivity index (χ0) is 21.1. The van der Waals surface area contributed by atoms with Gasteiger partial charge in [0.25, 0.3) is 17.1 Å². The third-order valence-electron chi connectivity index (χ3n) is 4.86. The molecule has 154 valence electrons. The van der Waals surface area contributed by atoms with Crippen molar-refractivity contribution in [2.45, 2.75) is 6.54 Å². The minimum absolute atomic E-state index is 0.0206. The van der Waals surface area contributed by atoms with Crippen LogP contribution in [-0.2, 0) is 16.1 Å². The highest BCUT2D eigenvalue weighted by molar-refractivity contribution is 8.18. The fraction of sp³-hybridized carbons (Fsp3) is 0.227. The zero-order valence-corrected chi connectivity index (χ0v) is 16.9. The largest absolute Gasteiger partial charge is 0.378 e. The van der Waals surface area contributed by atoms with Gasteiger partial charge < -0.3 is 9.64 Å². The summed E-state index contributed by atoms with van der Waals surface area (Å²) in [6.07, 6.45) is 1.62. The lowest BCUT2D eigenvalue weighted by molar-refractivity contribution is -0.123. The first-order valence-electron chi connectivity index (χ1n) is 9.48. The minimum atomic E-state index is -0.415. The van der Waals surface area contributed by atoms with E-state index >= 15 is 0 Å². The van der Waals surface area contributed by atoms with Gasteiger partial charge in [-0.1, -0.05) is 24.3 Å².